The molecule has 0 radical (unpaired) electrons. The second kappa shape index (κ2) is 12.1. The molecule has 11 heteroatoms. The molecule has 1 aromatic heterocycles. The fourth-order valence-corrected chi connectivity index (χ4v) is 6.60. The molecule has 0 bridgehead atoms. The van der Waals surface area contributed by atoms with Crippen LogP contribution in [0, 0.1) is 5.92 Å². The van der Waals surface area contributed by atoms with Crippen molar-refractivity contribution in [1.29, 1.82) is 0 Å². The van der Waals surface area contributed by atoms with E-state index in [9.17, 15) is 14.4 Å². The molecule has 3 aromatic rings. The second-order valence-electron chi connectivity index (χ2n) is 11.8. The van der Waals surface area contributed by atoms with Crippen molar-refractivity contribution in [2.75, 3.05) is 26.2 Å². The van der Waals surface area contributed by atoms with Gasteiger partial charge in [-0.1, -0.05) is 23.4 Å². The van der Waals surface area contributed by atoms with Gasteiger partial charge in [0.15, 0.2) is 0 Å². The number of rotatable bonds is 9. The zero-order valence-corrected chi connectivity index (χ0v) is 24.1. The molecule has 11 nitrogen and oxygen atoms in total. The number of hydrogen-bond acceptors (Lipinski definition) is 7. The summed E-state index contributed by atoms with van der Waals surface area (Å²) >= 11 is 0. The lowest BCUT2D eigenvalue weighted by molar-refractivity contribution is -0.140. The lowest BCUT2D eigenvalue weighted by Crippen LogP contribution is -2.51. The minimum atomic E-state index is -0.834. The third-order valence-electron chi connectivity index (χ3n) is 8.91. The van der Waals surface area contributed by atoms with Crippen LogP contribution in [0.2, 0.25) is 0 Å². The predicted molar refractivity (Wildman–Crippen MR) is 156 cm³/mol. The third-order valence-corrected chi connectivity index (χ3v) is 8.91. The van der Waals surface area contributed by atoms with Crippen LogP contribution in [0.1, 0.15) is 48.8 Å². The smallest absolute Gasteiger partial charge is 0.243 e. The minimum absolute atomic E-state index is 0.0459. The van der Waals surface area contributed by atoms with Crippen molar-refractivity contribution in [1.82, 2.24) is 30.1 Å². The summed E-state index contributed by atoms with van der Waals surface area (Å²) in [4.78, 5) is 43.3. The van der Waals surface area contributed by atoms with Crippen molar-refractivity contribution in [3.8, 4) is 5.75 Å². The Bertz CT molecular complexity index is 1480. The van der Waals surface area contributed by atoms with E-state index < -0.39 is 12.1 Å². The van der Waals surface area contributed by atoms with E-state index >= 15 is 0 Å². The van der Waals surface area contributed by atoms with Gasteiger partial charge in [0.05, 0.1) is 18.2 Å². The Hall–Kier alpha value is -3.99. The summed E-state index contributed by atoms with van der Waals surface area (Å²) in [5.74, 6) is 0.606. The number of hydrogen-bond donors (Lipinski definition) is 2. The maximum Gasteiger partial charge on any atom is 0.243 e. The Balaban J connectivity index is 1.14. The lowest BCUT2D eigenvalue weighted by Gasteiger charge is -2.27. The number of amides is 3. The standard InChI is InChI=1S/C31H39N7O4/c1-36-26-9-7-20(16-25(26)34-35-36)18-33-30(40)27-17-21(15-22-5-4-6-28-23(22)11-14-42-28)19-38(27)31(41)24(32)8-10-29(39)37-12-2-3-13-37/h4-7,9,16,21,24,27H,2-3,8,10-15,17-19,32H2,1H3,(H,33,40). The van der Waals surface area contributed by atoms with Crippen molar-refractivity contribution >= 4 is 28.8 Å². The molecule has 0 saturated carbocycles. The van der Waals surface area contributed by atoms with Gasteiger partial charge in [-0.3, -0.25) is 14.4 Å². The van der Waals surface area contributed by atoms with Crippen LogP contribution in [0.4, 0.5) is 0 Å². The van der Waals surface area contributed by atoms with Crippen molar-refractivity contribution in [2.45, 2.75) is 63.6 Å². The van der Waals surface area contributed by atoms with Crippen LogP contribution < -0.4 is 15.8 Å². The fraction of sp³-hybridized carbons (Fsp3) is 0.516. The van der Waals surface area contributed by atoms with Gasteiger partial charge in [0.25, 0.3) is 0 Å². The van der Waals surface area contributed by atoms with E-state index in [4.69, 9.17) is 10.5 Å². The molecule has 3 aliphatic rings. The van der Waals surface area contributed by atoms with E-state index in [1.807, 2.05) is 42.3 Å². The number of nitrogens with two attached hydrogens (primary N) is 1. The van der Waals surface area contributed by atoms with Crippen LogP contribution >= 0.6 is 0 Å². The number of carbonyl (C=O) groups is 3. The van der Waals surface area contributed by atoms with Gasteiger partial charge < -0.3 is 25.6 Å². The fourth-order valence-electron chi connectivity index (χ4n) is 6.60. The van der Waals surface area contributed by atoms with E-state index in [0.717, 1.165) is 61.1 Å². The number of nitrogens with zero attached hydrogens (tertiary/aromatic N) is 5. The first-order chi connectivity index (χ1) is 20.4. The quantitative estimate of drug-likeness (QED) is 0.398. The van der Waals surface area contributed by atoms with Gasteiger partial charge in [0, 0.05) is 51.6 Å². The highest BCUT2D eigenvalue weighted by atomic mass is 16.5. The summed E-state index contributed by atoms with van der Waals surface area (Å²) in [6.45, 7) is 2.99. The topological polar surface area (TPSA) is 136 Å². The highest BCUT2D eigenvalue weighted by Gasteiger charge is 2.41. The molecule has 3 unspecified atom stereocenters. The van der Waals surface area contributed by atoms with Crippen LogP contribution in [0.15, 0.2) is 36.4 Å². The normalized spacial score (nSPS) is 20.5. The Labute approximate surface area is 245 Å². The minimum Gasteiger partial charge on any atom is -0.493 e. The zero-order valence-electron chi connectivity index (χ0n) is 24.1. The highest BCUT2D eigenvalue weighted by Crippen LogP contribution is 2.33. The number of benzene rings is 2. The lowest BCUT2D eigenvalue weighted by atomic mass is 9.92. The maximum atomic E-state index is 13.7. The molecule has 2 saturated heterocycles. The van der Waals surface area contributed by atoms with Gasteiger partial charge in [0.2, 0.25) is 17.7 Å². The molecule has 42 heavy (non-hydrogen) atoms. The summed E-state index contributed by atoms with van der Waals surface area (Å²) in [6.07, 6.45) is 4.72. The van der Waals surface area contributed by atoms with Gasteiger partial charge in [-0.2, -0.15) is 0 Å². The Morgan fingerprint density at radius 2 is 2.00 bits per heavy atom. The molecule has 3 N–H and O–H groups in total. The van der Waals surface area contributed by atoms with Crippen LogP contribution in [0.5, 0.6) is 5.75 Å². The van der Waals surface area contributed by atoms with E-state index in [1.165, 1.54) is 11.1 Å². The van der Waals surface area contributed by atoms with E-state index in [2.05, 4.69) is 21.7 Å². The summed E-state index contributed by atoms with van der Waals surface area (Å²) in [5, 5.41) is 11.3. The van der Waals surface area contributed by atoms with Gasteiger partial charge in [-0.05, 0) is 67.3 Å². The summed E-state index contributed by atoms with van der Waals surface area (Å²) in [7, 11) is 1.84. The Kier molecular flexibility index (Phi) is 8.10. The molecular formula is C31H39N7O4. The molecule has 3 aliphatic heterocycles. The van der Waals surface area contributed by atoms with Crippen LogP contribution in [0.3, 0.4) is 0 Å². The van der Waals surface area contributed by atoms with Gasteiger partial charge >= 0.3 is 0 Å². The van der Waals surface area contributed by atoms with Gasteiger partial charge in [-0.15, -0.1) is 5.10 Å². The monoisotopic (exact) mass is 573 g/mol. The first kappa shape index (κ1) is 28.1. The molecule has 2 fully saturated rings. The number of nitrogens with one attached hydrogen (secondary N) is 1. The third kappa shape index (κ3) is 5.83. The van der Waals surface area contributed by atoms with Crippen LogP contribution in [0.25, 0.3) is 11.0 Å². The van der Waals surface area contributed by atoms with E-state index in [-0.39, 0.29) is 36.5 Å². The van der Waals surface area contributed by atoms with Crippen molar-refractivity contribution < 1.29 is 19.1 Å². The number of fused-ring (bicyclic) bond motifs is 2. The summed E-state index contributed by atoms with van der Waals surface area (Å²) in [5.41, 5.74) is 11.4. The Morgan fingerprint density at radius 1 is 1.17 bits per heavy atom. The van der Waals surface area contributed by atoms with Gasteiger partial charge in [0.1, 0.15) is 17.3 Å². The first-order valence-electron chi connectivity index (χ1n) is 15.0. The molecule has 0 spiro atoms. The SMILES string of the molecule is Cn1nnc2cc(CNC(=O)C3CC(Cc4cccc5c4CCO5)CN3C(=O)C(N)CCC(=O)N3CCCC3)ccc21. The Morgan fingerprint density at radius 3 is 2.83 bits per heavy atom. The van der Waals surface area contributed by atoms with Gasteiger partial charge in [-0.25, -0.2) is 4.68 Å². The maximum absolute atomic E-state index is 13.7. The summed E-state index contributed by atoms with van der Waals surface area (Å²) in [6, 6.07) is 10.4. The second-order valence-corrected chi connectivity index (χ2v) is 11.8. The van der Waals surface area contributed by atoms with Crippen LogP contribution in [-0.2, 0) is 40.8 Å². The molecule has 222 valence electrons. The molecule has 6 rings (SSSR count). The molecular weight excluding hydrogens is 534 g/mol. The summed E-state index contributed by atoms with van der Waals surface area (Å²) < 4.78 is 7.46. The van der Waals surface area contributed by atoms with Crippen LogP contribution in [-0.4, -0.2) is 80.8 Å². The first-order valence-corrected chi connectivity index (χ1v) is 15.0. The highest BCUT2D eigenvalue weighted by molar-refractivity contribution is 5.91. The molecule has 2 aromatic carbocycles. The number of likely N-dealkylation sites (tertiary alicyclic amines) is 2. The number of ether oxygens (including phenoxy) is 1. The van der Waals surface area contributed by atoms with Crippen molar-refractivity contribution in [3.63, 3.8) is 0 Å². The van der Waals surface area contributed by atoms with E-state index in [1.54, 1.807) is 9.58 Å². The average Bonchev–Trinajstić information content (AvgIpc) is 3.81. The molecule has 0 aliphatic carbocycles. The van der Waals surface area contributed by atoms with Crippen molar-refractivity contribution in [3.05, 3.63) is 53.1 Å². The largest absolute Gasteiger partial charge is 0.493 e. The number of carbonyl (C=O) groups excluding carboxylic acids is 3. The average molecular weight is 574 g/mol. The number of aromatic nitrogens is 3. The molecule has 4 heterocycles. The number of aryl methyl sites for hydroxylation is 1. The molecule has 3 amide bonds. The zero-order chi connectivity index (χ0) is 29.2. The van der Waals surface area contributed by atoms with Crippen molar-refractivity contribution in [2.24, 2.45) is 18.7 Å². The van der Waals surface area contributed by atoms with E-state index in [0.29, 0.717) is 26.1 Å². The molecule has 3 atom stereocenters. The predicted octanol–water partition coefficient (Wildman–Crippen LogP) is 1.71.